The highest BCUT2D eigenvalue weighted by atomic mass is 16.3. The molecule has 0 aliphatic carbocycles. The van der Waals surface area contributed by atoms with E-state index >= 15 is 0 Å². The lowest BCUT2D eigenvalue weighted by Crippen LogP contribution is -2.41. The first-order valence-corrected chi connectivity index (χ1v) is 7.29. The maximum absolute atomic E-state index is 12.1. The van der Waals surface area contributed by atoms with Crippen LogP contribution in [0.3, 0.4) is 0 Å². The SMILES string of the molecule is C[C@H](NC(=O)CN1C(=O)CN(C)C1=O)c1cc2ccccc2o1. The first kappa shape index (κ1) is 15.1. The van der Waals surface area contributed by atoms with E-state index < -0.39 is 11.9 Å². The van der Waals surface area contributed by atoms with Gasteiger partial charge in [0.1, 0.15) is 24.4 Å². The van der Waals surface area contributed by atoms with Crippen LogP contribution in [0.4, 0.5) is 4.79 Å². The Balaban J connectivity index is 1.65. The molecule has 7 heteroatoms. The van der Waals surface area contributed by atoms with Crippen molar-refractivity contribution in [3.8, 4) is 0 Å². The van der Waals surface area contributed by atoms with Crippen molar-refractivity contribution < 1.29 is 18.8 Å². The standard InChI is InChI=1S/C16H17N3O4/c1-10(13-7-11-5-3-4-6-12(11)23-13)17-14(20)8-19-15(21)9-18(2)16(19)22/h3-7,10H,8-9H2,1-2H3,(H,17,20)/t10-/m0/s1. The highest BCUT2D eigenvalue weighted by molar-refractivity contribution is 6.04. The number of urea groups is 1. The van der Waals surface area contributed by atoms with Gasteiger partial charge in [-0.25, -0.2) is 4.79 Å². The van der Waals surface area contributed by atoms with Crippen molar-refractivity contribution in [1.29, 1.82) is 0 Å². The summed E-state index contributed by atoms with van der Waals surface area (Å²) in [5, 5.41) is 3.70. The molecule has 0 radical (unpaired) electrons. The Hall–Kier alpha value is -2.83. The quantitative estimate of drug-likeness (QED) is 0.867. The first-order valence-electron chi connectivity index (χ1n) is 7.29. The number of carbonyl (C=O) groups excluding carboxylic acids is 3. The number of likely N-dealkylation sites (N-methyl/N-ethyl adjacent to an activating group) is 1. The second-order valence-electron chi connectivity index (χ2n) is 5.59. The Labute approximate surface area is 132 Å². The van der Waals surface area contributed by atoms with E-state index in [1.165, 1.54) is 11.9 Å². The third-order valence-corrected chi connectivity index (χ3v) is 3.78. The van der Waals surface area contributed by atoms with Crippen LogP contribution in [0, 0.1) is 0 Å². The van der Waals surface area contributed by atoms with E-state index in [-0.39, 0.29) is 25.0 Å². The number of rotatable bonds is 4. The second kappa shape index (κ2) is 5.75. The highest BCUT2D eigenvalue weighted by Crippen LogP contribution is 2.23. The summed E-state index contributed by atoms with van der Waals surface area (Å²) in [5.41, 5.74) is 0.745. The van der Waals surface area contributed by atoms with Crippen LogP contribution in [0.5, 0.6) is 0 Å². The molecule has 7 nitrogen and oxygen atoms in total. The van der Waals surface area contributed by atoms with Crippen LogP contribution in [0.1, 0.15) is 18.7 Å². The third-order valence-electron chi connectivity index (χ3n) is 3.78. The number of hydrogen-bond donors (Lipinski definition) is 1. The summed E-state index contributed by atoms with van der Waals surface area (Å²) in [6.07, 6.45) is 0. The van der Waals surface area contributed by atoms with E-state index in [1.54, 1.807) is 6.92 Å². The van der Waals surface area contributed by atoms with E-state index in [0.29, 0.717) is 5.76 Å². The van der Waals surface area contributed by atoms with Crippen LogP contribution in [-0.4, -0.2) is 47.8 Å². The van der Waals surface area contributed by atoms with Gasteiger partial charge in [-0.15, -0.1) is 0 Å². The summed E-state index contributed by atoms with van der Waals surface area (Å²) >= 11 is 0. The summed E-state index contributed by atoms with van der Waals surface area (Å²) in [4.78, 5) is 37.7. The van der Waals surface area contributed by atoms with Crippen LogP contribution >= 0.6 is 0 Å². The fourth-order valence-electron chi connectivity index (χ4n) is 2.54. The Morgan fingerprint density at radius 1 is 1.35 bits per heavy atom. The summed E-state index contributed by atoms with van der Waals surface area (Å²) in [5.74, 6) is -0.158. The van der Waals surface area contributed by atoms with Gasteiger partial charge >= 0.3 is 6.03 Å². The average Bonchev–Trinajstić information content (AvgIpc) is 3.04. The lowest BCUT2D eigenvalue weighted by atomic mass is 10.2. The van der Waals surface area contributed by atoms with E-state index in [4.69, 9.17) is 4.42 Å². The predicted molar refractivity (Wildman–Crippen MR) is 82.5 cm³/mol. The van der Waals surface area contributed by atoms with Gasteiger partial charge in [0.15, 0.2) is 0 Å². The number of nitrogens with zero attached hydrogens (tertiary/aromatic N) is 2. The van der Waals surface area contributed by atoms with Crippen molar-refractivity contribution >= 4 is 28.8 Å². The average molecular weight is 315 g/mol. The maximum atomic E-state index is 12.1. The summed E-state index contributed by atoms with van der Waals surface area (Å²) in [6, 6.07) is 8.60. The maximum Gasteiger partial charge on any atom is 0.327 e. The van der Waals surface area contributed by atoms with Crippen molar-refractivity contribution in [2.45, 2.75) is 13.0 Å². The topological polar surface area (TPSA) is 82.9 Å². The molecule has 120 valence electrons. The third kappa shape index (κ3) is 2.90. The van der Waals surface area contributed by atoms with Crippen LogP contribution in [0.2, 0.25) is 0 Å². The molecule has 1 aromatic carbocycles. The number of amides is 4. The number of fused-ring (bicyclic) bond motifs is 1. The molecule has 1 atom stereocenters. The number of hydrogen-bond acceptors (Lipinski definition) is 4. The zero-order valence-electron chi connectivity index (χ0n) is 12.9. The highest BCUT2D eigenvalue weighted by Gasteiger charge is 2.35. The molecule has 0 bridgehead atoms. The molecule has 2 heterocycles. The number of para-hydroxylation sites is 1. The number of furan rings is 1. The number of benzene rings is 1. The Bertz CT molecular complexity index is 749. The van der Waals surface area contributed by atoms with Crippen molar-refractivity contribution in [1.82, 2.24) is 15.1 Å². The molecule has 1 aliphatic rings. The van der Waals surface area contributed by atoms with Crippen LogP contribution in [-0.2, 0) is 9.59 Å². The summed E-state index contributed by atoms with van der Waals surface area (Å²) in [6.45, 7) is 1.51. The molecule has 1 aromatic heterocycles. The van der Waals surface area contributed by atoms with Gasteiger partial charge in [0.05, 0.1) is 6.04 Å². The zero-order chi connectivity index (χ0) is 16.6. The van der Waals surface area contributed by atoms with E-state index in [0.717, 1.165) is 15.9 Å². The normalized spacial score (nSPS) is 16.3. The lowest BCUT2D eigenvalue weighted by Gasteiger charge is -2.16. The van der Waals surface area contributed by atoms with Gasteiger partial charge in [-0.1, -0.05) is 18.2 Å². The van der Waals surface area contributed by atoms with Gasteiger partial charge in [-0.3, -0.25) is 14.5 Å². The van der Waals surface area contributed by atoms with Gasteiger partial charge in [-0.05, 0) is 19.1 Å². The van der Waals surface area contributed by atoms with Crippen molar-refractivity contribution in [3.05, 3.63) is 36.1 Å². The van der Waals surface area contributed by atoms with Gasteiger partial charge in [0, 0.05) is 12.4 Å². The smallest absolute Gasteiger partial charge is 0.327 e. The minimum atomic E-state index is -0.457. The fraction of sp³-hybridized carbons (Fsp3) is 0.312. The Morgan fingerprint density at radius 2 is 2.09 bits per heavy atom. The van der Waals surface area contributed by atoms with Crippen molar-refractivity contribution in [3.63, 3.8) is 0 Å². The monoisotopic (exact) mass is 315 g/mol. The van der Waals surface area contributed by atoms with Crippen molar-refractivity contribution in [2.75, 3.05) is 20.1 Å². The molecule has 1 saturated heterocycles. The molecule has 3 rings (SSSR count). The molecule has 23 heavy (non-hydrogen) atoms. The molecule has 4 amide bonds. The van der Waals surface area contributed by atoms with E-state index in [1.807, 2.05) is 30.3 Å². The fourth-order valence-corrected chi connectivity index (χ4v) is 2.54. The van der Waals surface area contributed by atoms with Gasteiger partial charge in [0.25, 0.3) is 5.91 Å². The molecule has 0 unspecified atom stereocenters. The minimum absolute atomic E-state index is 0.00520. The number of nitrogens with one attached hydrogen (secondary N) is 1. The predicted octanol–water partition coefficient (Wildman–Crippen LogP) is 1.50. The second-order valence-corrected chi connectivity index (χ2v) is 5.59. The molecule has 0 saturated carbocycles. The summed E-state index contributed by atoms with van der Waals surface area (Å²) in [7, 11) is 1.52. The van der Waals surface area contributed by atoms with Gasteiger partial charge in [0.2, 0.25) is 5.91 Å². The van der Waals surface area contributed by atoms with E-state index in [9.17, 15) is 14.4 Å². The van der Waals surface area contributed by atoms with Gasteiger partial charge < -0.3 is 14.6 Å². The van der Waals surface area contributed by atoms with Crippen LogP contribution in [0.25, 0.3) is 11.0 Å². The van der Waals surface area contributed by atoms with Crippen molar-refractivity contribution in [2.24, 2.45) is 0 Å². The van der Waals surface area contributed by atoms with Gasteiger partial charge in [-0.2, -0.15) is 0 Å². The molecule has 0 spiro atoms. The lowest BCUT2D eigenvalue weighted by molar-refractivity contribution is -0.131. The molecule has 1 N–H and O–H groups in total. The molecule has 2 aromatic rings. The molecular formula is C16H17N3O4. The molecule has 1 aliphatic heterocycles. The first-order chi connectivity index (χ1) is 11.0. The summed E-state index contributed by atoms with van der Waals surface area (Å²) < 4.78 is 5.69. The zero-order valence-corrected chi connectivity index (χ0v) is 12.9. The Morgan fingerprint density at radius 3 is 2.74 bits per heavy atom. The largest absolute Gasteiger partial charge is 0.459 e. The molecular weight excluding hydrogens is 298 g/mol. The van der Waals surface area contributed by atoms with Crippen LogP contribution < -0.4 is 5.32 Å². The van der Waals surface area contributed by atoms with Crippen LogP contribution in [0.15, 0.2) is 34.7 Å². The number of imide groups is 1. The Kier molecular flexibility index (Phi) is 3.77. The minimum Gasteiger partial charge on any atom is -0.459 e. The number of carbonyl (C=O) groups is 3. The van der Waals surface area contributed by atoms with E-state index in [2.05, 4.69) is 5.32 Å². The molecule has 1 fully saturated rings.